The molecule has 1 unspecified atom stereocenters. The van der Waals surface area contributed by atoms with Crippen molar-refractivity contribution in [1.29, 1.82) is 0 Å². The Bertz CT molecular complexity index is 1000. The van der Waals surface area contributed by atoms with E-state index in [9.17, 15) is 9.90 Å². The van der Waals surface area contributed by atoms with Gasteiger partial charge in [-0.25, -0.2) is 4.98 Å². The number of rotatable bonds is 6. The van der Waals surface area contributed by atoms with Gasteiger partial charge in [0.25, 0.3) is 0 Å². The normalized spacial score (nSPS) is 11.8. The summed E-state index contributed by atoms with van der Waals surface area (Å²) in [5, 5.41) is 15.9. The first-order valence-corrected chi connectivity index (χ1v) is 8.49. The van der Waals surface area contributed by atoms with Crippen molar-refractivity contribution in [2.75, 3.05) is 22.9 Å². The third kappa shape index (κ3) is 4.39. The van der Waals surface area contributed by atoms with Crippen LogP contribution in [-0.2, 0) is 4.79 Å². The molecule has 27 heavy (non-hydrogen) atoms. The van der Waals surface area contributed by atoms with Gasteiger partial charge in [0.05, 0.1) is 11.6 Å². The minimum Gasteiger partial charge on any atom is -0.392 e. The third-order valence-electron chi connectivity index (χ3n) is 3.93. The molecule has 1 amide bonds. The van der Waals surface area contributed by atoms with Crippen LogP contribution in [0.15, 0.2) is 55.1 Å². The summed E-state index contributed by atoms with van der Waals surface area (Å²) in [5.74, 6) is 0.469. The van der Waals surface area contributed by atoms with Crippen molar-refractivity contribution < 1.29 is 9.90 Å². The summed E-state index contributed by atoms with van der Waals surface area (Å²) in [6.07, 6.45) is 0.704. The van der Waals surface area contributed by atoms with Gasteiger partial charge in [-0.2, -0.15) is 4.98 Å². The zero-order chi connectivity index (χ0) is 19.4. The van der Waals surface area contributed by atoms with E-state index in [-0.39, 0.29) is 5.91 Å². The lowest BCUT2D eigenvalue weighted by molar-refractivity contribution is -0.111. The fraction of sp³-hybridized carbons (Fsp3) is 0.150. The maximum Gasteiger partial charge on any atom is 0.247 e. The van der Waals surface area contributed by atoms with Crippen LogP contribution in [0, 0.1) is 0 Å². The summed E-state index contributed by atoms with van der Waals surface area (Å²) in [4.78, 5) is 20.2. The highest BCUT2D eigenvalue weighted by Crippen LogP contribution is 2.28. The van der Waals surface area contributed by atoms with Crippen molar-refractivity contribution in [2.24, 2.45) is 0 Å². The maximum atomic E-state index is 11.5. The minimum absolute atomic E-state index is 0.264. The number of amides is 1. The molecule has 1 atom stereocenters. The van der Waals surface area contributed by atoms with E-state index in [1.54, 1.807) is 6.92 Å². The molecule has 0 saturated heterocycles. The Balaban J connectivity index is 1.96. The second kappa shape index (κ2) is 7.84. The molecule has 1 aromatic heterocycles. The molecule has 7 nitrogen and oxygen atoms in total. The maximum absolute atomic E-state index is 11.5. The van der Waals surface area contributed by atoms with Crippen LogP contribution in [0.4, 0.5) is 17.5 Å². The Morgan fingerprint density at radius 2 is 2.04 bits per heavy atom. The molecule has 1 heterocycles. The van der Waals surface area contributed by atoms with E-state index < -0.39 is 6.10 Å². The van der Waals surface area contributed by atoms with Gasteiger partial charge in [-0.1, -0.05) is 24.8 Å². The third-order valence-corrected chi connectivity index (χ3v) is 3.93. The van der Waals surface area contributed by atoms with E-state index in [0.717, 1.165) is 16.5 Å². The molecule has 0 fully saturated rings. The van der Waals surface area contributed by atoms with Gasteiger partial charge in [0.15, 0.2) is 0 Å². The summed E-state index contributed by atoms with van der Waals surface area (Å²) < 4.78 is 0. The molecule has 0 aliphatic carbocycles. The van der Waals surface area contributed by atoms with E-state index >= 15 is 0 Å². The Morgan fingerprint density at radius 1 is 1.26 bits per heavy atom. The predicted octanol–water partition coefficient (Wildman–Crippen LogP) is 2.80. The number of nitrogens with one attached hydrogen (secondary N) is 2. The zero-order valence-electron chi connectivity index (χ0n) is 14.9. The quantitative estimate of drug-likeness (QED) is 0.501. The Morgan fingerprint density at radius 3 is 2.78 bits per heavy atom. The number of hydrogen-bond donors (Lipinski definition) is 4. The second-order valence-corrected chi connectivity index (χ2v) is 6.17. The van der Waals surface area contributed by atoms with Gasteiger partial charge in [-0.15, -0.1) is 0 Å². The summed E-state index contributed by atoms with van der Waals surface area (Å²) in [6.45, 7) is 5.46. The first kappa shape index (κ1) is 18.3. The SMILES string of the molecule is C=CC(=O)Nc1cccc(-c2ccc3c(N)nc(NCC(C)O)nc3c2)c1. The van der Waals surface area contributed by atoms with E-state index in [1.165, 1.54) is 6.08 Å². The van der Waals surface area contributed by atoms with Crippen LogP contribution in [0.25, 0.3) is 22.0 Å². The number of hydrogen-bond acceptors (Lipinski definition) is 6. The summed E-state index contributed by atoms with van der Waals surface area (Å²) >= 11 is 0. The van der Waals surface area contributed by atoms with Crippen molar-refractivity contribution in [3.8, 4) is 11.1 Å². The van der Waals surface area contributed by atoms with Gasteiger partial charge in [-0.05, 0) is 48.4 Å². The van der Waals surface area contributed by atoms with Crippen LogP contribution >= 0.6 is 0 Å². The highest BCUT2D eigenvalue weighted by atomic mass is 16.3. The summed E-state index contributed by atoms with van der Waals surface area (Å²) in [6, 6.07) is 13.2. The van der Waals surface area contributed by atoms with Gasteiger partial charge in [-0.3, -0.25) is 4.79 Å². The van der Waals surface area contributed by atoms with Crippen molar-refractivity contribution >= 4 is 34.3 Å². The van der Waals surface area contributed by atoms with Gasteiger partial charge >= 0.3 is 0 Å². The number of aromatic nitrogens is 2. The zero-order valence-corrected chi connectivity index (χ0v) is 14.9. The number of nitrogen functional groups attached to an aromatic ring is 1. The van der Waals surface area contributed by atoms with Crippen LogP contribution in [0.2, 0.25) is 0 Å². The number of carbonyl (C=O) groups is 1. The molecule has 0 spiro atoms. The van der Waals surface area contributed by atoms with Crippen molar-refractivity contribution in [2.45, 2.75) is 13.0 Å². The molecule has 3 aromatic rings. The number of aliphatic hydroxyl groups excluding tert-OH is 1. The highest BCUT2D eigenvalue weighted by molar-refractivity contribution is 5.99. The highest BCUT2D eigenvalue weighted by Gasteiger charge is 2.08. The van der Waals surface area contributed by atoms with Gasteiger partial charge < -0.3 is 21.5 Å². The molecule has 7 heteroatoms. The lowest BCUT2D eigenvalue weighted by Gasteiger charge is -2.11. The van der Waals surface area contributed by atoms with Crippen molar-refractivity contribution in [3.63, 3.8) is 0 Å². The first-order chi connectivity index (χ1) is 13.0. The molecule has 0 aliphatic heterocycles. The Labute approximate surface area is 157 Å². The van der Waals surface area contributed by atoms with E-state index in [4.69, 9.17) is 5.73 Å². The van der Waals surface area contributed by atoms with E-state index in [1.807, 2.05) is 42.5 Å². The van der Waals surface area contributed by atoms with Crippen LogP contribution in [0.5, 0.6) is 0 Å². The molecule has 2 aromatic carbocycles. The number of anilines is 3. The van der Waals surface area contributed by atoms with E-state index in [2.05, 4.69) is 27.2 Å². The first-order valence-electron chi connectivity index (χ1n) is 8.49. The molecule has 0 bridgehead atoms. The van der Waals surface area contributed by atoms with Crippen molar-refractivity contribution in [1.82, 2.24) is 9.97 Å². The molecule has 5 N–H and O–H groups in total. The number of benzene rings is 2. The number of nitrogens with zero attached hydrogens (tertiary/aromatic N) is 2. The number of carbonyl (C=O) groups excluding carboxylic acids is 1. The number of fused-ring (bicyclic) bond motifs is 1. The largest absolute Gasteiger partial charge is 0.392 e. The average Bonchev–Trinajstić information content (AvgIpc) is 2.66. The lowest BCUT2D eigenvalue weighted by atomic mass is 10.0. The summed E-state index contributed by atoms with van der Waals surface area (Å²) in [7, 11) is 0. The standard InChI is InChI=1S/C20H21N5O2/c1-3-18(27)23-15-6-4-5-13(9-15)14-7-8-16-17(10-14)24-20(25-19(16)21)22-11-12(2)26/h3-10,12,26H,1,11H2,2H3,(H,23,27)(H3,21,22,24,25). The molecule has 0 saturated carbocycles. The van der Waals surface area contributed by atoms with Crippen LogP contribution in [0.3, 0.4) is 0 Å². The van der Waals surface area contributed by atoms with Crippen LogP contribution in [-0.4, -0.2) is 33.6 Å². The fourth-order valence-electron chi connectivity index (χ4n) is 2.62. The summed E-state index contributed by atoms with van der Waals surface area (Å²) in [5.41, 5.74) is 9.26. The minimum atomic E-state index is -0.523. The average molecular weight is 363 g/mol. The van der Waals surface area contributed by atoms with E-state index in [0.29, 0.717) is 29.5 Å². The molecule has 3 rings (SSSR count). The van der Waals surface area contributed by atoms with Gasteiger partial charge in [0.2, 0.25) is 11.9 Å². The Hall–Kier alpha value is -3.45. The molecule has 0 aliphatic rings. The monoisotopic (exact) mass is 363 g/mol. The topological polar surface area (TPSA) is 113 Å². The number of nitrogens with two attached hydrogens (primary N) is 1. The molecular formula is C20H21N5O2. The van der Waals surface area contributed by atoms with Gasteiger partial charge in [0, 0.05) is 17.6 Å². The molecule has 0 radical (unpaired) electrons. The fourth-order valence-corrected chi connectivity index (χ4v) is 2.62. The molecule has 138 valence electrons. The molecular weight excluding hydrogens is 342 g/mol. The van der Waals surface area contributed by atoms with Crippen molar-refractivity contribution in [3.05, 3.63) is 55.1 Å². The number of aliphatic hydroxyl groups is 1. The Kier molecular flexibility index (Phi) is 5.33. The lowest BCUT2D eigenvalue weighted by Crippen LogP contribution is -2.17. The predicted molar refractivity (Wildman–Crippen MR) is 108 cm³/mol. The van der Waals surface area contributed by atoms with Gasteiger partial charge in [0.1, 0.15) is 5.82 Å². The van der Waals surface area contributed by atoms with Crippen LogP contribution < -0.4 is 16.4 Å². The second-order valence-electron chi connectivity index (χ2n) is 6.17. The smallest absolute Gasteiger partial charge is 0.247 e. The van der Waals surface area contributed by atoms with Crippen LogP contribution in [0.1, 0.15) is 6.92 Å².